The highest BCUT2D eigenvalue weighted by Crippen LogP contribution is 2.08. The number of benzene rings is 1. The molecule has 118 valence electrons. The van der Waals surface area contributed by atoms with Crippen molar-refractivity contribution in [1.29, 1.82) is 0 Å². The molecule has 0 spiro atoms. The van der Waals surface area contributed by atoms with E-state index in [0.717, 1.165) is 17.7 Å². The van der Waals surface area contributed by atoms with Crippen LogP contribution in [0.2, 0.25) is 0 Å². The summed E-state index contributed by atoms with van der Waals surface area (Å²) in [5.74, 6) is -0.170. The maximum atomic E-state index is 12.2. The molecule has 1 N–H and O–H groups in total. The Morgan fingerprint density at radius 2 is 2.17 bits per heavy atom. The number of rotatable bonds is 6. The third kappa shape index (κ3) is 3.63. The Kier molecular flexibility index (Phi) is 4.46. The highest BCUT2D eigenvalue weighted by Gasteiger charge is 2.11. The number of hydrogen-bond donors (Lipinski definition) is 1. The predicted molar refractivity (Wildman–Crippen MR) is 84.6 cm³/mol. The van der Waals surface area contributed by atoms with E-state index >= 15 is 0 Å². The SMILES string of the molecule is CCn1nncc1C(=O)NCc1cccc(Cn2ccnc2)c1. The number of nitrogens with one attached hydrogen (secondary N) is 1. The zero-order valence-electron chi connectivity index (χ0n) is 12.9. The summed E-state index contributed by atoms with van der Waals surface area (Å²) < 4.78 is 3.58. The third-order valence-corrected chi connectivity index (χ3v) is 3.52. The van der Waals surface area contributed by atoms with E-state index in [2.05, 4.69) is 32.7 Å². The Balaban J connectivity index is 1.63. The predicted octanol–water partition coefficient (Wildman–Crippen LogP) is 1.47. The van der Waals surface area contributed by atoms with Crippen molar-refractivity contribution in [3.05, 3.63) is 66.0 Å². The number of carbonyl (C=O) groups is 1. The molecule has 23 heavy (non-hydrogen) atoms. The minimum atomic E-state index is -0.170. The molecule has 1 amide bonds. The molecule has 0 aliphatic carbocycles. The second-order valence-electron chi connectivity index (χ2n) is 5.17. The lowest BCUT2D eigenvalue weighted by Crippen LogP contribution is -2.25. The van der Waals surface area contributed by atoms with Crippen molar-refractivity contribution in [2.45, 2.75) is 26.6 Å². The minimum Gasteiger partial charge on any atom is -0.347 e. The number of amides is 1. The first-order valence-corrected chi connectivity index (χ1v) is 7.46. The van der Waals surface area contributed by atoms with Crippen LogP contribution in [0, 0.1) is 0 Å². The van der Waals surface area contributed by atoms with Gasteiger partial charge >= 0.3 is 0 Å². The lowest BCUT2D eigenvalue weighted by molar-refractivity contribution is 0.0940. The van der Waals surface area contributed by atoms with Gasteiger partial charge in [0.2, 0.25) is 0 Å². The quantitative estimate of drug-likeness (QED) is 0.748. The largest absolute Gasteiger partial charge is 0.347 e. The van der Waals surface area contributed by atoms with Crippen LogP contribution in [-0.4, -0.2) is 30.5 Å². The molecule has 0 atom stereocenters. The first-order chi connectivity index (χ1) is 11.3. The minimum absolute atomic E-state index is 0.170. The smallest absolute Gasteiger partial charge is 0.271 e. The number of aryl methyl sites for hydroxylation is 1. The van der Waals surface area contributed by atoms with Crippen molar-refractivity contribution in [2.75, 3.05) is 0 Å². The Bertz CT molecular complexity index is 777. The van der Waals surface area contributed by atoms with Gasteiger partial charge in [-0.3, -0.25) is 4.79 Å². The fraction of sp³-hybridized carbons (Fsp3) is 0.250. The summed E-state index contributed by atoms with van der Waals surface area (Å²) in [6.45, 7) is 3.76. The Hall–Kier alpha value is -2.96. The summed E-state index contributed by atoms with van der Waals surface area (Å²) >= 11 is 0. The van der Waals surface area contributed by atoms with E-state index in [-0.39, 0.29) is 5.91 Å². The van der Waals surface area contributed by atoms with Gasteiger partial charge in [0.15, 0.2) is 0 Å². The topological polar surface area (TPSA) is 77.6 Å². The summed E-state index contributed by atoms with van der Waals surface area (Å²) in [6, 6.07) is 8.12. The summed E-state index contributed by atoms with van der Waals surface area (Å²) in [5.41, 5.74) is 2.68. The average molecular weight is 310 g/mol. The zero-order chi connectivity index (χ0) is 16.1. The van der Waals surface area contributed by atoms with Gasteiger partial charge in [0.25, 0.3) is 5.91 Å². The van der Waals surface area contributed by atoms with Gasteiger partial charge in [0, 0.05) is 32.0 Å². The summed E-state index contributed by atoms with van der Waals surface area (Å²) in [5, 5.41) is 10.5. The molecule has 7 nitrogen and oxygen atoms in total. The van der Waals surface area contributed by atoms with Gasteiger partial charge in [-0.25, -0.2) is 9.67 Å². The molecular formula is C16H18N6O. The maximum Gasteiger partial charge on any atom is 0.271 e. The number of carbonyl (C=O) groups excluding carboxylic acids is 1. The van der Waals surface area contributed by atoms with Crippen LogP contribution >= 0.6 is 0 Å². The lowest BCUT2D eigenvalue weighted by atomic mass is 10.1. The summed E-state index contributed by atoms with van der Waals surface area (Å²) in [6.07, 6.45) is 6.95. The van der Waals surface area contributed by atoms with E-state index in [9.17, 15) is 4.79 Å². The molecule has 0 saturated heterocycles. The van der Waals surface area contributed by atoms with Gasteiger partial charge in [-0.2, -0.15) is 0 Å². The Morgan fingerprint density at radius 3 is 2.96 bits per heavy atom. The van der Waals surface area contributed by atoms with Crippen LogP contribution in [0.1, 0.15) is 28.5 Å². The molecular weight excluding hydrogens is 292 g/mol. The van der Waals surface area contributed by atoms with Crippen LogP contribution in [0.15, 0.2) is 49.2 Å². The van der Waals surface area contributed by atoms with Gasteiger partial charge in [-0.05, 0) is 18.1 Å². The molecule has 0 bridgehead atoms. The molecule has 0 aliphatic heterocycles. The molecule has 3 aromatic rings. The van der Waals surface area contributed by atoms with E-state index < -0.39 is 0 Å². The van der Waals surface area contributed by atoms with Crippen molar-refractivity contribution in [1.82, 2.24) is 29.9 Å². The van der Waals surface area contributed by atoms with Crippen LogP contribution in [0.4, 0.5) is 0 Å². The van der Waals surface area contributed by atoms with Gasteiger partial charge in [-0.1, -0.05) is 29.5 Å². The van der Waals surface area contributed by atoms with Gasteiger partial charge in [0.1, 0.15) is 5.69 Å². The van der Waals surface area contributed by atoms with Crippen molar-refractivity contribution in [2.24, 2.45) is 0 Å². The highest BCUT2D eigenvalue weighted by molar-refractivity contribution is 5.92. The fourth-order valence-electron chi connectivity index (χ4n) is 2.37. The van der Waals surface area contributed by atoms with Crippen molar-refractivity contribution in [3.8, 4) is 0 Å². The van der Waals surface area contributed by atoms with E-state index in [4.69, 9.17) is 0 Å². The average Bonchev–Trinajstić information content (AvgIpc) is 3.24. The van der Waals surface area contributed by atoms with Crippen molar-refractivity contribution >= 4 is 5.91 Å². The summed E-state index contributed by atoms with van der Waals surface area (Å²) in [4.78, 5) is 16.2. The lowest BCUT2D eigenvalue weighted by Gasteiger charge is -2.08. The number of hydrogen-bond acceptors (Lipinski definition) is 4. The van der Waals surface area contributed by atoms with Crippen LogP contribution in [0.25, 0.3) is 0 Å². The molecule has 0 aliphatic rings. The standard InChI is InChI=1S/C16H18N6O/c1-2-22-15(10-19-20-22)16(23)18-9-13-4-3-5-14(8-13)11-21-7-6-17-12-21/h3-8,10,12H,2,9,11H2,1H3,(H,18,23). The number of imidazole rings is 1. The molecule has 1 aromatic carbocycles. The normalized spacial score (nSPS) is 10.7. The third-order valence-electron chi connectivity index (χ3n) is 3.52. The van der Waals surface area contributed by atoms with E-state index in [1.807, 2.05) is 29.8 Å². The van der Waals surface area contributed by atoms with Gasteiger partial charge in [-0.15, -0.1) is 5.10 Å². The van der Waals surface area contributed by atoms with Crippen LogP contribution < -0.4 is 5.32 Å². The monoisotopic (exact) mass is 310 g/mol. The molecule has 7 heteroatoms. The molecule has 0 saturated carbocycles. The van der Waals surface area contributed by atoms with Gasteiger partial charge in [0.05, 0.1) is 12.5 Å². The Morgan fingerprint density at radius 1 is 1.30 bits per heavy atom. The first-order valence-electron chi connectivity index (χ1n) is 7.46. The Labute approximate surface area is 134 Å². The van der Waals surface area contributed by atoms with Gasteiger partial charge < -0.3 is 9.88 Å². The zero-order valence-corrected chi connectivity index (χ0v) is 12.9. The second kappa shape index (κ2) is 6.87. The molecule has 0 unspecified atom stereocenters. The molecule has 0 radical (unpaired) electrons. The summed E-state index contributed by atoms with van der Waals surface area (Å²) in [7, 11) is 0. The van der Waals surface area contributed by atoms with E-state index in [0.29, 0.717) is 18.8 Å². The van der Waals surface area contributed by atoms with Crippen molar-refractivity contribution < 1.29 is 4.79 Å². The fourth-order valence-corrected chi connectivity index (χ4v) is 2.37. The molecule has 0 fully saturated rings. The number of nitrogens with zero attached hydrogens (tertiary/aromatic N) is 5. The number of aromatic nitrogens is 5. The molecule has 2 heterocycles. The van der Waals surface area contributed by atoms with E-state index in [1.54, 1.807) is 17.2 Å². The van der Waals surface area contributed by atoms with Crippen molar-refractivity contribution in [3.63, 3.8) is 0 Å². The molecule has 2 aromatic heterocycles. The highest BCUT2D eigenvalue weighted by atomic mass is 16.2. The maximum absolute atomic E-state index is 12.2. The first kappa shape index (κ1) is 15.0. The van der Waals surface area contributed by atoms with Crippen LogP contribution in [-0.2, 0) is 19.6 Å². The van der Waals surface area contributed by atoms with Crippen LogP contribution in [0.3, 0.4) is 0 Å². The molecule has 3 rings (SSSR count). The van der Waals surface area contributed by atoms with Crippen LogP contribution in [0.5, 0.6) is 0 Å². The second-order valence-corrected chi connectivity index (χ2v) is 5.17. The van der Waals surface area contributed by atoms with E-state index in [1.165, 1.54) is 6.20 Å².